The summed E-state index contributed by atoms with van der Waals surface area (Å²) in [7, 11) is 0. The highest BCUT2D eigenvalue weighted by Crippen LogP contribution is 2.18. The third kappa shape index (κ3) is 1.85. The number of rotatable bonds is 2. The Hall–Kier alpha value is -1.55. The third-order valence-corrected chi connectivity index (χ3v) is 2.08. The van der Waals surface area contributed by atoms with Crippen molar-refractivity contribution in [2.24, 2.45) is 4.99 Å². The molecule has 0 unspecified atom stereocenters. The van der Waals surface area contributed by atoms with Crippen molar-refractivity contribution < 1.29 is 5.11 Å². The number of benzene rings is 1. The predicted octanol–water partition coefficient (Wildman–Crippen LogP) is 0.550. The minimum atomic E-state index is 0.113. The lowest BCUT2D eigenvalue weighted by Gasteiger charge is -2.18. The van der Waals surface area contributed by atoms with Crippen molar-refractivity contribution in [3.8, 4) is 0 Å². The monoisotopic (exact) mass is 191 g/mol. The number of hydrogen-bond acceptors (Lipinski definition) is 4. The van der Waals surface area contributed by atoms with Gasteiger partial charge in [0.15, 0.2) is 5.96 Å². The fraction of sp³-hybridized carbons (Fsp3) is 0.300. The van der Waals surface area contributed by atoms with Gasteiger partial charge in [-0.3, -0.25) is 0 Å². The number of para-hydroxylation sites is 1. The maximum absolute atomic E-state index is 8.65. The number of nitrogens with one attached hydrogen (secondary N) is 2. The summed E-state index contributed by atoms with van der Waals surface area (Å²) in [5.74, 6) is 0.734. The first kappa shape index (κ1) is 9.02. The Morgan fingerprint density at radius 1 is 1.43 bits per heavy atom. The molecule has 0 spiro atoms. The van der Waals surface area contributed by atoms with Gasteiger partial charge < -0.3 is 15.7 Å². The molecule has 0 fully saturated rings. The summed E-state index contributed by atoms with van der Waals surface area (Å²) in [4.78, 5) is 4.29. The fourth-order valence-corrected chi connectivity index (χ4v) is 1.39. The van der Waals surface area contributed by atoms with Crippen LogP contribution in [-0.4, -0.2) is 24.2 Å². The summed E-state index contributed by atoms with van der Waals surface area (Å²) in [6.45, 7) is 1.33. The highest BCUT2D eigenvalue weighted by molar-refractivity contribution is 5.95. The van der Waals surface area contributed by atoms with Crippen molar-refractivity contribution in [1.29, 1.82) is 0 Å². The van der Waals surface area contributed by atoms with E-state index < -0.39 is 0 Å². The Morgan fingerprint density at radius 3 is 3.14 bits per heavy atom. The van der Waals surface area contributed by atoms with E-state index in [1.165, 1.54) is 5.56 Å². The van der Waals surface area contributed by atoms with Crippen LogP contribution in [0.15, 0.2) is 29.3 Å². The van der Waals surface area contributed by atoms with Gasteiger partial charge in [-0.25, -0.2) is 4.99 Å². The van der Waals surface area contributed by atoms with Gasteiger partial charge in [-0.05, 0) is 11.6 Å². The molecular weight excluding hydrogens is 178 g/mol. The Kier molecular flexibility index (Phi) is 2.65. The van der Waals surface area contributed by atoms with Crippen LogP contribution in [-0.2, 0) is 6.54 Å². The Bertz CT molecular complexity index is 349. The number of anilines is 1. The summed E-state index contributed by atoms with van der Waals surface area (Å²) in [6, 6.07) is 8.06. The highest BCUT2D eigenvalue weighted by Gasteiger charge is 2.09. The molecule has 0 aliphatic carbocycles. The van der Waals surface area contributed by atoms with E-state index in [9.17, 15) is 0 Å². The van der Waals surface area contributed by atoms with E-state index in [-0.39, 0.29) is 6.61 Å². The smallest absolute Gasteiger partial charge is 0.196 e. The molecule has 4 nitrogen and oxygen atoms in total. The Morgan fingerprint density at radius 2 is 2.29 bits per heavy atom. The molecule has 1 aliphatic rings. The van der Waals surface area contributed by atoms with Crippen molar-refractivity contribution in [2.45, 2.75) is 6.54 Å². The first-order valence-corrected chi connectivity index (χ1v) is 4.64. The molecule has 0 saturated heterocycles. The summed E-state index contributed by atoms with van der Waals surface area (Å²) in [5, 5.41) is 14.8. The summed E-state index contributed by atoms with van der Waals surface area (Å²) >= 11 is 0. The predicted molar refractivity (Wildman–Crippen MR) is 56.3 cm³/mol. The van der Waals surface area contributed by atoms with Gasteiger partial charge in [0.05, 0.1) is 13.2 Å². The summed E-state index contributed by atoms with van der Waals surface area (Å²) < 4.78 is 0. The molecule has 2 rings (SSSR count). The topological polar surface area (TPSA) is 56.6 Å². The third-order valence-electron chi connectivity index (χ3n) is 2.08. The normalized spacial score (nSPS) is 13.9. The molecule has 74 valence electrons. The zero-order valence-corrected chi connectivity index (χ0v) is 7.83. The van der Waals surface area contributed by atoms with Crippen molar-refractivity contribution >= 4 is 11.6 Å². The molecule has 0 amide bonds. The largest absolute Gasteiger partial charge is 0.395 e. The van der Waals surface area contributed by atoms with Crippen LogP contribution < -0.4 is 10.6 Å². The summed E-state index contributed by atoms with van der Waals surface area (Å²) in [6.07, 6.45) is 0. The molecule has 0 saturated carbocycles. The Labute approximate surface area is 82.7 Å². The fourth-order valence-electron chi connectivity index (χ4n) is 1.39. The van der Waals surface area contributed by atoms with Crippen LogP contribution in [0.4, 0.5) is 5.69 Å². The zero-order valence-electron chi connectivity index (χ0n) is 7.83. The molecule has 0 radical (unpaired) electrons. The molecule has 3 N–H and O–H groups in total. The maximum atomic E-state index is 8.65. The second kappa shape index (κ2) is 4.11. The first-order valence-electron chi connectivity index (χ1n) is 4.64. The molecule has 1 aromatic rings. The molecule has 0 aromatic heterocycles. The van der Waals surface area contributed by atoms with Gasteiger partial charge in [-0.1, -0.05) is 18.2 Å². The first-order chi connectivity index (χ1) is 6.90. The second-order valence-corrected chi connectivity index (χ2v) is 3.10. The quantitative estimate of drug-likeness (QED) is 0.640. The van der Waals surface area contributed by atoms with Crippen molar-refractivity contribution in [2.75, 3.05) is 18.5 Å². The van der Waals surface area contributed by atoms with Crippen LogP contribution in [0.3, 0.4) is 0 Å². The number of aliphatic imine (C=N–C) groups is 1. The van der Waals surface area contributed by atoms with Crippen molar-refractivity contribution in [3.05, 3.63) is 29.8 Å². The van der Waals surface area contributed by atoms with Gasteiger partial charge >= 0.3 is 0 Å². The van der Waals surface area contributed by atoms with Crippen LogP contribution in [0.5, 0.6) is 0 Å². The van der Waals surface area contributed by atoms with E-state index >= 15 is 0 Å². The van der Waals surface area contributed by atoms with Crippen molar-refractivity contribution in [1.82, 2.24) is 5.32 Å². The maximum Gasteiger partial charge on any atom is 0.196 e. The lowest BCUT2D eigenvalue weighted by atomic mass is 10.1. The summed E-state index contributed by atoms with van der Waals surface area (Å²) in [5.41, 5.74) is 2.28. The van der Waals surface area contributed by atoms with Gasteiger partial charge in [0.25, 0.3) is 0 Å². The van der Waals surface area contributed by atoms with Crippen LogP contribution >= 0.6 is 0 Å². The van der Waals surface area contributed by atoms with E-state index in [0.717, 1.165) is 11.6 Å². The molecule has 14 heavy (non-hydrogen) atoms. The van der Waals surface area contributed by atoms with Gasteiger partial charge in [0.1, 0.15) is 0 Å². The standard InChI is InChI=1S/C10H13N3O/c14-6-5-11-10-12-7-8-3-1-2-4-9(8)13-10/h1-4,14H,5-7H2,(H2,11,12,13). The number of aliphatic hydroxyl groups is 1. The minimum Gasteiger partial charge on any atom is -0.395 e. The lowest BCUT2D eigenvalue weighted by molar-refractivity contribution is 0.300. The SMILES string of the molecule is OCCNC1=NCc2ccccc2N1. The van der Waals surface area contributed by atoms with Crippen LogP contribution in [0.2, 0.25) is 0 Å². The number of hydrogen-bond donors (Lipinski definition) is 3. The number of guanidine groups is 1. The molecular formula is C10H13N3O. The minimum absolute atomic E-state index is 0.113. The van der Waals surface area contributed by atoms with E-state index in [0.29, 0.717) is 13.1 Å². The second-order valence-electron chi connectivity index (χ2n) is 3.10. The zero-order chi connectivity index (χ0) is 9.80. The molecule has 4 heteroatoms. The van der Waals surface area contributed by atoms with Crippen LogP contribution in [0.25, 0.3) is 0 Å². The molecule has 0 atom stereocenters. The molecule has 1 heterocycles. The van der Waals surface area contributed by atoms with Crippen molar-refractivity contribution in [3.63, 3.8) is 0 Å². The Balaban J connectivity index is 2.05. The van der Waals surface area contributed by atoms with Crippen LogP contribution in [0, 0.1) is 0 Å². The van der Waals surface area contributed by atoms with E-state index in [1.54, 1.807) is 0 Å². The number of fused-ring (bicyclic) bond motifs is 1. The molecule has 1 aliphatic heterocycles. The average molecular weight is 191 g/mol. The molecule has 0 bridgehead atoms. The highest BCUT2D eigenvalue weighted by atomic mass is 16.3. The van der Waals surface area contributed by atoms with E-state index in [1.807, 2.05) is 18.2 Å². The van der Waals surface area contributed by atoms with Crippen LogP contribution in [0.1, 0.15) is 5.56 Å². The number of nitrogens with zero attached hydrogens (tertiary/aromatic N) is 1. The number of aliphatic hydroxyl groups excluding tert-OH is 1. The van der Waals surface area contributed by atoms with Gasteiger partial charge in [-0.15, -0.1) is 0 Å². The van der Waals surface area contributed by atoms with E-state index in [4.69, 9.17) is 5.11 Å². The van der Waals surface area contributed by atoms with E-state index in [2.05, 4.69) is 21.7 Å². The average Bonchev–Trinajstić information content (AvgIpc) is 2.26. The lowest BCUT2D eigenvalue weighted by Crippen LogP contribution is -2.34. The van der Waals surface area contributed by atoms with Gasteiger partial charge in [0.2, 0.25) is 0 Å². The molecule has 1 aromatic carbocycles. The van der Waals surface area contributed by atoms with Gasteiger partial charge in [0, 0.05) is 12.2 Å². The van der Waals surface area contributed by atoms with Gasteiger partial charge in [-0.2, -0.15) is 0 Å².